The summed E-state index contributed by atoms with van der Waals surface area (Å²) < 4.78 is 6.56. The van der Waals surface area contributed by atoms with E-state index in [4.69, 9.17) is 9.72 Å². The number of nitrogens with zero attached hydrogens (tertiary/aromatic N) is 4. The predicted molar refractivity (Wildman–Crippen MR) is 110 cm³/mol. The number of ether oxygens (including phenoxy) is 1. The molecule has 1 N–H and O–H groups in total. The quantitative estimate of drug-likeness (QED) is 0.747. The lowest BCUT2D eigenvalue weighted by Crippen LogP contribution is -2.39. The highest BCUT2D eigenvalue weighted by Crippen LogP contribution is 2.40. The fraction of sp³-hybridized carbons (Fsp3) is 0.550. The van der Waals surface area contributed by atoms with Gasteiger partial charge >= 0.3 is 0 Å². The summed E-state index contributed by atoms with van der Waals surface area (Å²) in [5.41, 5.74) is 5.20. The first kappa shape index (κ1) is 17.3. The van der Waals surface area contributed by atoms with Gasteiger partial charge in [-0.05, 0) is 43.7 Å². The molecule has 0 spiro atoms. The number of pyridine rings is 1. The van der Waals surface area contributed by atoms with Crippen LogP contribution in [-0.4, -0.2) is 59.2 Å². The summed E-state index contributed by atoms with van der Waals surface area (Å²) in [5.74, 6) is 0.943. The number of aromatic nitrogens is 3. The van der Waals surface area contributed by atoms with Crippen molar-refractivity contribution >= 4 is 37.6 Å². The molecule has 3 aromatic rings. The molecule has 0 radical (unpaired) electrons. The van der Waals surface area contributed by atoms with Crippen LogP contribution in [0.25, 0.3) is 20.4 Å². The van der Waals surface area contributed by atoms with E-state index in [1.807, 2.05) is 0 Å². The standard InChI is InChI=1S/C20H25N5OS/c1-13-14-4-2-3-5-15(14)16-17-18(27-20(16)24-13)19(23-12-22-17)21-6-7-25-8-10-26-11-9-25/h12H,2-11H2,1H3,(H,21,22,23). The first-order chi connectivity index (χ1) is 13.3. The monoisotopic (exact) mass is 383 g/mol. The third-order valence-electron chi connectivity index (χ3n) is 5.75. The molecule has 1 aliphatic heterocycles. The summed E-state index contributed by atoms with van der Waals surface area (Å²) in [6, 6.07) is 0. The van der Waals surface area contributed by atoms with E-state index in [0.29, 0.717) is 0 Å². The van der Waals surface area contributed by atoms with Crippen LogP contribution in [0, 0.1) is 6.92 Å². The van der Waals surface area contributed by atoms with Crippen LogP contribution >= 0.6 is 11.3 Å². The van der Waals surface area contributed by atoms with Gasteiger partial charge in [-0.2, -0.15) is 0 Å². The maximum atomic E-state index is 5.42. The molecule has 0 amide bonds. The highest BCUT2D eigenvalue weighted by Gasteiger charge is 2.21. The molecule has 3 aromatic heterocycles. The molecule has 0 aromatic carbocycles. The van der Waals surface area contributed by atoms with Crippen molar-refractivity contribution in [2.75, 3.05) is 44.7 Å². The van der Waals surface area contributed by atoms with Crippen LogP contribution in [-0.2, 0) is 17.6 Å². The molecular weight excluding hydrogens is 358 g/mol. The molecule has 5 rings (SSSR count). The second kappa shape index (κ2) is 7.30. The van der Waals surface area contributed by atoms with E-state index in [1.165, 1.54) is 35.0 Å². The first-order valence-corrected chi connectivity index (χ1v) is 10.7. The molecule has 7 heteroatoms. The molecule has 142 valence electrons. The zero-order valence-electron chi connectivity index (χ0n) is 15.8. The fourth-order valence-corrected chi connectivity index (χ4v) is 5.50. The summed E-state index contributed by atoms with van der Waals surface area (Å²) in [7, 11) is 0. The van der Waals surface area contributed by atoms with Crippen molar-refractivity contribution in [1.29, 1.82) is 0 Å². The molecule has 1 saturated heterocycles. The number of fused-ring (bicyclic) bond motifs is 5. The maximum Gasteiger partial charge on any atom is 0.147 e. The number of nitrogens with one attached hydrogen (secondary N) is 1. The normalized spacial score (nSPS) is 18.1. The number of rotatable bonds is 4. The lowest BCUT2D eigenvalue weighted by atomic mass is 9.89. The van der Waals surface area contributed by atoms with Crippen molar-refractivity contribution < 1.29 is 4.74 Å². The minimum absolute atomic E-state index is 0.837. The topological polar surface area (TPSA) is 63.2 Å². The Kier molecular flexibility index (Phi) is 4.67. The van der Waals surface area contributed by atoms with Gasteiger partial charge in [0.25, 0.3) is 0 Å². The number of anilines is 1. The van der Waals surface area contributed by atoms with Gasteiger partial charge < -0.3 is 10.1 Å². The SMILES string of the molecule is Cc1nc2sc3c(NCCN4CCOCC4)ncnc3c2c2c1CCCC2. The Morgan fingerprint density at radius 3 is 2.81 bits per heavy atom. The lowest BCUT2D eigenvalue weighted by Gasteiger charge is -2.26. The van der Waals surface area contributed by atoms with Crippen molar-refractivity contribution in [2.45, 2.75) is 32.6 Å². The molecule has 0 unspecified atom stereocenters. The van der Waals surface area contributed by atoms with Crippen LogP contribution in [0.4, 0.5) is 5.82 Å². The average Bonchev–Trinajstić information content (AvgIpc) is 3.08. The summed E-state index contributed by atoms with van der Waals surface area (Å²) in [6.45, 7) is 7.74. The third-order valence-corrected chi connectivity index (χ3v) is 6.83. The highest BCUT2D eigenvalue weighted by atomic mass is 32.1. The van der Waals surface area contributed by atoms with Crippen LogP contribution < -0.4 is 5.32 Å². The predicted octanol–water partition coefficient (Wildman–Crippen LogP) is 3.17. The number of morpholine rings is 1. The fourth-order valence-electron chi connectivity index (χ4n) is 4.33. The number of aryl methyl sites for hydroxylation is 2. The van der Waals surface area contributed by atoms with Gasteiger partial charge in [0.15, 0.2) is 0 Å². The van der Waals surface area contributed by atoms with Crippen molar-refractivity contribution in [3.8, 4) is 0 Å². The van der Waals surface area contributed by atoms with Crippen molar-refractivity contribution in [2.24, 2.45) is 0 Å². The Hall–Kier alpha value is -1.83. The second-order valence-electron chi connectivity index (χ2n) is 7.42. The van der Waals surface area contributed by atoms with E-state index in [9.17, 15) is 0 Å². The largest absolute Gasteiger partial charge is 0.379 e. The van der Waals surface area contributed by atoms with E-state index in [2.05, 4.69) is 27.1 Å². The first-order valence-electron chi connectivity index (χ1n) is 9.91. The van der Waals surface area contributed by atoms with Crippen molar-refractivity contribution in [3.05, 3.63) is 23.1 Å². The van der Waals surface area contributed by atoms with Crippen LogP contribution in [0.15, 0.2) is 6.33 Å². The minimum Gasteiger partial charge on any atom is -0.379 e. The highest BCUT2D eigenvalue weighted by molar-refractivity contribution is 7.26. The third kappa shape index (κ3) is 3.17. The van der Waals surface area contributed by atoms with Crippen LogP contribution in [0.1, 0.15) is 29.7 Å². The van der Waals surface area contributed by atoms with Crippen LogP contribution in [0.5, 0.6) is 0 Å². The Morgan fingerprint density at radius 2 is 1.96 bits per heavy atom. The van der Waals surface area contributed by atoms with Gasteiger partial charge in [0.2, 0.25) is 0 Å². The molecule has 1 aliphatic carbocycles. The zero-order chi connectivity index (χ0) is 18.2. The Bertz CT molecular complexity index is 980. The Morgan fingerprint density at radius 1 is 1.15 bits per heavy atom. The summed E-state index contributed by atoms with van der Waals surface area (Å²) in [5, 5.41) is 4.81. The molecule has 0 saturated carbocycles. The Balaban J connectivity index is 1.48. The smallest absolute Gasteiger partial charge is 0.147 e. The van der Waals surface area contributed by atoms with E-state index in [0.717, 1.165) is 73.1 Å². The molecule has 0 bridgehead atoms. The maximum absolute atomic E-state index is 5.42. The molecular formula is C20H25N5OS. The van der Waals surface area contributed by atoms with Gasteiger partial charge in [-0.25, -0.2) is 15.0 Å². The molecule has 2 aliphatic rings. The lowest BCUT2D eigenvalue weighted by molar-refractivity contribution is 0.0398. The summed E-state index contributed by atoms with van der Waals surface area (Å²) >= 11 is 1.73. The number of hydrogen-bond acceptors (Lipinski definition) is 7. The van der Waals surface area contributed by atoms with Crippen LogP contribution in [0.3, 0.4) is 0 Å². The molecule has 1 fully saturated rings. The van der Waals surface area contributed by atoms with Crippen molar-refractivity contribution in [1.82, 2.24) is 19.9 Å². The van der Waals surface area contributed by atoms with E-state index in [-0.39, 0.29) is 0 Å². The van der Waals surface area contributed by atoms with Gasteiger partial charge in [0.1, 0.15) is 17.0 Å². The van der Waals surface area contributed by atoms with Gasteiger partial charge in [-0.15, -0.1) is 11.3 Å². The summed E-state index contributed by atoms with van der Waals surface area (Å²) in [4.78, 5) is 17.7. The van der Waals surface area contributed by atoms with Crippen molar-refractivity contribution in [3.63, 3.8) is 0 Å². The number of hydrogen-bond donors (Lipinski definition) is 1. The molecule has 27 heavy (non-hydrogen) atoms. The van der Waals surface area contributed by atoms with Crippen LogP contribution in [0.2, 0.25) is 0 Å². The summed E-state index contributed by atoms with van der Waals surface area (Å²) in [6.07, 6.45) is 6.52. The second-order valence-corrected chi connectivity index (χ2v) is 8.42. The Labute approximate surface area is 163 Å². The zero-order valence-corrected chi connectivity index (χ0v) is 16.6. The minimum atomic E-state index is 0.837. The number of thiophene rings is 1. The molecule has 4 heterocycles. The van der Waals surface area contributed by atoms with Gasteiger partial charge in [0.05, 0.1) is 23.4 Å². The van der Waals surface area contributed by atoms with Gasteiger partial charge in [-0.3, -0.25) is 4.90 Å². The average molecular weight is 384 g/mol. The van der Waals surface area contributed by atoms with E-state index < -0.39 is 0 Å². The molecule has 0 atom stereocenters. The van der Waals surface area contributed by atoms with E-state index >= 15 is 0 Å². The molecule has 6 nitrogen and oxygen atoms in total. The van der Waals surface area contributed by atoms with E-state index in [1.54, 1.807) is 17.7 Å². The van der Waals surface area contributed by atoms with Gasteiger partial charge in [0, 0.05) is 37.3 Å². The van der Waals surface area contributed by atoms with Gasteiger partial charge in [-0.1, -0.05) is 0 Å².